The SMILES string of the molecule is C[C@H]1C[NH+]([C@@H](c2cccc(F)c2)c2sc3ncnn3c2O)C[C@H](C)O1. The monoisotopic (exact) mass is 363 g/mol. The van der Waals surface area contributed by atoms with Gasteiger partial charge in [-0.25, -0.2) is 9.37 Å². The standard InChI is InChI=1S/C17H19FN4O2S/c1-10-7-21(8-11(2)24-10)14(12-4-3-5-13(18)6-12)15-16(23)22-17(25-15)19-9-20-22/h3-6,9-11,14,23H,7-8H2,1-2H3/p+1/t10-,11-,14-/m0/s1. The van der Waals surface area contributed by atoms with Gasteiger partial charge in [0.2, 0.25) is 10.8 Å². The van der Waals surface area contributed by atoms with Gasteiger partial charge in [-0.2, -0.15) is 9.61 Å². The molecule has 0 spiro atoms. The Balaban J connectivity index is 1.83. The Kier molecular flexibility index (Phi) is 4.18. The van der Waals surface area contributed by atoms with Gasteiger partial charge in [0.15, 0.2) is 6.04 Å². The molecule has 0 bridgehead atoms. The van der Waals surface area contributed by atoms with E-state index in [9.17, 15) is 9.50 Å². The van der Waals surface area contributed by atoms with Crippen LogP contribution in [0.5, 0.6) is 5.88 Å². The van der Waals surface area contributed by atoms with Gasteiger partial charge in [0.05, 0.1) is 0 Å². The van der Waals surface area contributed by atoms with Crippen LogP contribution in [0.15, 0.2) is 30.6 Å². The third-order valence-corrected chi connectivity index (χ3v) is 5.65. The highest BCUT2D eigenvalue weighted by Gasteiger charge is 2.37. The molecule has 1 aromatic carbocycles. The van der Waals surface area contributed by atoms with Crippen LogP contribution < -0.4 is 4.90 Å². The van der Waals surface area contributed by atoms with Crippen LogP contribution in [-0.2, 0) is 4.74 Å². The molecule has 0 amide bonds. The molecule has 25 heavy (non-hydrogen) atoms. The molecule has 3 atom stereocenters. The van der Waals surface area contributed by atoms with Crippen LogP contribution in [0.4, 0.5) is 4.39 Å². The third-order valence-electron chi connectivity index (χ3n) is 4.56. The molecular weight excluding hydrogens is 343 g/mol. The van der Waals surface area contributed by atoms with Gasteiger partial charge < -0.3 is 14.7 Å². The molecule has 6 nitrogen and oxygen atoms in total. The van der Waals surface area contributed by atoms with Gasteiger partial charge in [-0.05, 0) is 26.0 Å². The van der Waals surface area contributed by atoms with Gasteiger partial charge in [-0.3, -0.25) is 0 Å². The van der Waals surface area contributed by atoms with Crippen molar-refractivity contribution in [1.29, 1.82) is 0 Å². The molecule has 132 valence electrons. The number of ether oxygens (including phenoxy) is 1. The molecule has 8 heteroatoms. The molecule has 0 unspecified atom stereocenters. The van der Waals surface area contributed by atoms with Gasteiger partial charge in [0, 0.05) is 5.56 Å². The number of nitrogens with zero attached hydrogens (tertiary/aromatic N) is 3. The number of aromatic hydroxyl groups is 1. The van der Waals surface area contributed by atoms with Crippen molar-refractivity contribution in [3.05, 3.63) is 46.9 Å². The van der Waals surface area contributed by atoms with Crippen molar-refractivity contribution in [1.82, 2.24) is 14.6 Å². The number of thiazole rings is 1. The summed E-state index contributed by atoms with van der Waals surface area (Å²) in [5.74, 6) is -0.207. The number of morpholine rings is 1. The Morgan fingerprint density at radius 1 is 1.36 bits per heavy atom. The van der Waals surface area contributed by atoms with Crippen molar-refractivity contribution in [3.63, 3.8) is 0 Å². The Hall–Kier alpha value is -2.03. The van der Waals surface area contributed by atoms with Crippen LogP contribution >= 0.6 is 11.3 Å². The summed E-state index contributed by atoms with van der Waals surface area (Å²) in [5.41, 5.74) is 0.830. The number of hydrogen-bond donors (Lipinski definition) is 2. The second-order valence-electron chi connectivity index (χ2n) is 6.56. The third kappa shape index (κ3) is 3.01. The first kappa shape index (κ1) is 16.4. The molecule has 1 aliphatic rings. The summed E-state index contributed by atoms with van der Waals surface area (Å²) in [6.45, 7) is 5.64. The van der Waals surface area contributed by atoms with E-state index in [-0.39, 0.29) is 29.9 Å². The Bertz CT molecular complexity index is 886. The fourth-order valence-corrected chi connectivity index (χ4v) is 4.81. The molecule has 0 aliphatic carbocycles. The molecule has 0 radical (unpaired) electrons. The maximum Gasteiger partial charge on any atom is 0.235 e. The van der Waals surface area contributed by atoms with Crippen molar-refractivity contribution in [3.8, 4) is 5.88 Å². The highest BCUT2D eigenvalue weighted by molar-refractivity contribution is 7.17. The van der Waals surface area contributed by atoms with Crippen LogP contribution in [0, 0.1) is 5.82 Å². The first-order valence-electron chi connectivity index (χ1n) is 8.30. The second-order valence-corrected chi connectivity index (χ2v) is 7.57. The van der Waals surface area contributed by atoms with Crippen LogP contribution in [0.25, 0.3) is 4.96 Å². The summed E-state index contributed by atoms with van der Waals surface area (Å²) in [5, 5.41) is 14.7. The van der Waals surface area contributed by atoms with E-state index in [1.165, 1.54) is 39.2 Å². The molecule has 3 aromatic rings. The fraction of sp³-hybridized carbons (Fsp3) is 0.412. The van der Waals surface area contributed by atoms with E-state index in [2.05, 4.69) is 10.1 Å². The molecule has 3 heterocycles. The second kappa shape index (κ2) is 6.36. The zero-order chi connectivity index (χ0) is 17.6. The average Bonchev–Trinajstić information content (AvgIpc) is 3.11. The summed E-state index contributed by atoms with van der Waals surface area (Å²) in [6, 6.07) is 6.39. The van der Waals surface area contributed by atoms with Gasteiger partial charge in [-0.15, -0.1) is 0 Å². The number of rotatable bonds is 3. The highest BCUT2D eigenvalue weighted by atomic mass is 32.1. The van der Waals surface area contributed by atoms with Crippen molar-refractivity contribution < 1.29 is 19.1 Å². The number of nitrogens with one attached hydrogen (secondary N) is 1. The average molecular weight is 363 g/mol. The number of aromatic nitrogens is 3. The Morgan fingerprint density at radius 2 is 2.12 bits per heavy atom. The summed E-state index contributed by atoms with van der Waals surface area (Å²) >= 11 is 1.39. The molecule has 2 aromatic heterocycles. The Morgan fingerprint density at radius 3 is 2.80 bits per heavy atom. The topological polar surface area (TPSA) is 64.1 Å². The molecule has 1 aliphatic heterocycles. The van der Waals surface area contributed by atoms with Gasteiger partial charge in [0.1, 0.15) is 42.3 Å². The molecule has 2 N–H and O–H groups in total. The predicted molar refractivity (Wildman–Crippen MR) is 91.5 cm³/mol. The number of benzene rings is 1. The van der Waals surface area contributed by atoms with E-state index in [4.69, 9.17) is 4.74 Å². The first-order chi connectivity index (χ1) is 12.0. The van der Waals surface area contributed by atoms with E-state index < -0.39 is 0 Å². The summed E-state index contributed by atoms with van der Waals surface area (Å²) in [4.78, 5) is 6.78. The summed E-state index contributed by atoms with van der Waals surface area (Å²) in [7, 11) is 0. The van der Waals surface area contributed by atoms with Crippen LogP contribution in [0.2, 0.25) is 0 Å². The largest absolute Gasteiger partial charge is 0.492 e. The fourth-order valence-electron chi connectivity index (χ4n) is 3.69. The summed E-state index contributed by atoms with van der Waals surface area (Å²) in [6.07, 6.45) is 1.61. The quantitative estimate of drug-likeness (QED) is 0.739. The van der Waals surface area contributed by atoms with Crippen LogP contribution in [0.3, 0.4) is 0 Å². The Labute approximate surface area is 148 Å². The first-order valence-corrected chi connectivity index (χ1v) is 9.11. The van der Waals surface area contributed by atoms with E-state index in [0.717, 1.165) is 23.5 Å². The lowest BCUT2D eigenvalue weighted by molar-refractivity contribution is -0.939. The number of halogens is 1. The lowest BCUT2D eigenvalue weighted by Crippen LogP contribution is -3.15. The lowest BCUT2D eigenvalue weighted by atomic mass is 10.0. The predicted octanol–water partition coefficient (Wildman–Crippen LogP) is 1.42. The van der Waals surface area contributed by atoms with E-state index in [1.807, 2.05) is 19.9 Å². The van der Waals surface area contributed by atoms with E-state index in [1.54, 1.807) is 6.07 Å². The molecule has 1 saturated heterocycles. The molecule has 0 saturated carbocycles. The van der Waals surface area contributed by atoms with Gasteiger partial charge >= 0.3 is 0 Å². The maximum absolute atomic E-state index is 13.9. The lowest BCUT2D eigenvalue weighted by Gasteiger charge is -2.37. The van der Waals surface area contributed by atoms with Crippen molar-refractivity contribution in [2.75, 3.05) is 13.1 Å². The van der Waals surface area contributed by atoms with E-state index >= 15 is 0 Å². The molecule has 1 fully saturated rings. The minimum atomic E-state index is -0.282. The highest BCUT2D eigenvalue weighted by Crippen LogP contribution is 2.35. The molecule has 4 rings (SSSR count). The van der Waals surface area contributed by atoms with E-state index in [0.29, 0.717) is 4.96 Å². The number of fused-ring (bicyclic) bond motifs is 1. The van der Waals surface area contributed by atoms with Crippen molar-refractivity contribution in [2.24, 2.45) is 0 Å². The van der Waals surface area contributed by atoms with Gasteiger partial charge in [-0.1, -0.05) is 23.5 Å². The van der Waals surface area contributed by atoms with Gasteiger partial charge in [0.25, 0.3) is 0 Å². The summed E-state index contributed by atoms with van der Waals surface area (Å²) < 4.78 is 21.2. The van der Waals surface area contributed by atoms with Crippen LogP contribution in [0.1, 0.15) is 30.3 Å². The number of quaternary nitrogens is 1. The van der Waals surface area contributed by atoms with Crippen molar-refractivity contribution in [2.45, 2.75) is 32.1 Å². The zero-order valence-corrected chi connectivity index (χ0v) is 14.8. The molecular formula is C17H20FN4O2S+. The smallest absolute Gasteiger partial charge is 0.235 e. The number of hydrogen-bond acceptors (Lipinski definition) is 5. The normalized spacial score (nSPS) is 25.3. The van der Waals surface area contributed by atoms with Crippen molar-refractivity contribution >= 4 is 16.3 Å². The minimum absolute atomic E-state index is 0.0751. The zero-order valence-electron chi connectivity index (χ0n) is 14.0. The maximum atomic E-state index is 13.9. The minimum Gasteiger partial charge on any atom is -0.492 e. The van der Waals surface area contributed by atoms with Crippen LogP contribution in [-0.4, -0.2) is 45.0 Å².